The second-order valence-corrected chi connectivity index (χ2v) is 6.29. The topological polar surface area (TPSA) is 29.5 Å². The first kappa shape index (κ1) is 9.49. The van der Waals surface area contributed by atoms with Crippen molar-refractivity contribution in [1.82, 2.24) is 4.90 Å². The third kappa shape index (κ3) is 1.44. The average molecular weight is 209 g/mol. The summed E-state index contributed by atoms with van der Waals surface area (Å²) in [6.45, 7) is 7.66. The van der Waals surface area contributed by atoms with Gasteiger partial charge in [-0.3, -0.25) is 0 Å². The molecular weight excluding hydrogens is 190 g/mol. The van der Waals surface area contributed by atoms with E-state index in [9.17, 15) is 4.79 Å². The average Bonchev–Trinajstić information content (AvgIpc) is 2.67. The smallest absolute Gasteiger partial charge is 0.410 e. The lowest BCUT2D eigenvalue weighted by Crippen LogP contribution is -2.44. The van der Waals surface area contributed by atoms with Crippen LogP contribution in [-0.4, -0.2) is 29.7 Å². The predicted octanol–water partition coefficient (Wildman–Crippen LogP) is 2.12. The molecule has 3 aliphatic rings. The van der Waals surface area contributed by atoms with Crippen molar-refractivity contribution in [2.75, 3.05) is 13.1 Å². The Morgan fingerprint density at radius 1 is 1.27 bits per heavy atom. The summed E-state index contributed by atoms with van der Waals surface area (Å²) < 4.78 is 5.40. The van der Waals surface area contributed by atoms with Crippen molar-refractivity contribution >= 4 is 6.09 Å². The molecule has 4 unspecified atom stereocenters. The SMILES string of the molecule is CC(C)(C)OC(=O)N1CC2CC3C(C1)C23. The van der Waals surface area contributed by atoms with Crippen molar-refractivity contribution in [2.45, 2.75) is 32.8 Å². The summed E-state index contributed by atoms with van der Waals surface area (Å²) in [6.07, 6.45) is 1.24. The minimum atomic E-state index is -0.361. The van der Waals surface area contributed by atoms with Gasteiger partial charge in [-0.15, -0.1) is 0 Å². The van der Waals surface area contributed by atoms with E-state index in [1.54, 1.807) is 0 Å². The quantitative estimate of drug-likeness (QED) is 0.611. The molecule has 84 valence electrons. The normalized spacial score (nSPS) is 41.7. The van der Waals surface area contributed by atoms with Crippen LogP contribution in [0.1, 0.15) is 27.2 Å². The Morgan fingerprint density at radius 2 is 2.00 bits per heavy atom. The van der Waals surface area contributed by atoms with Crippen molar-refractivity contribution in [3.05, 3.63) is 0 Å². The molecule has 0 aromatic heterocycles. The van der Waals surface area contributed by atoms with Crippen LogP contribution < -0.4 is 0 Å². The van der Waals surface area contributed by atoms with Crippen LogP contribution in [0, 0.1) is 23.7 Å². The van der Waals surface area contributed by atoms with Crippen LogP contribution in [0.3, 0.4) is 0 Å². The van der Waals surface area contributed by atoms with Crippen molar-refractivity contribution < 1.29 is 9.53 Å². The molecule has 0 N–H and O–H groups in total. The molecule has 2 aliphatic carbocycles. The van der Waals surface area contributed by atoms with Crippen LogP contribution in [0.25, 0.3) is 0 Å². The van der Waals surface area contributed by atoms with Gasteiger partial charge in [0.1, 0.15) is 5.60 Å². The van der Waals surface area contributed by atoms with E-state index in [4.69, 9.17) is 4.74 Å². The lowest BCUT2D eigenvalue weighted by Gasteiger charge is -2.34. The minimum Gasteiger partial charge on any atom is -0.444 e. The number of rotatable bonds is 0. The summed E-state index contributed by atoms with van der Waals surface area (Å²) in [5, 5.41) is 0. The Bertz CT molecular complexity index is 299. The maximum atomic E-state index is 11.8. The highest BCUT2D eigenvalue weighted by Gasteiger charge is 2.65. The van der Waals surface area contributed by atoms with Gasteiger partial charge in [0.25, 0.3) is 0 Å². The molecule has 0 aromatic carbocycles. The molecule has 3 fully saturated rings. The van der Waals surface area contributed by atoms with Crippen LogP contribution in [0.15, 0.2) is 0 Å². The zero-order valence-corrected chi connectivity index (χ0v) is 9.69. The van der Waals surface area contributed by atoms with Gasteiger partial charge in [-0.2, -0.15) is 0 Å². The van der Waals surface area contributed by atoms with Gasteiger partial charge in [-0.25, -0.2) is 4.79 Å². The zero-order valence-electron chi connectivity index (χ0n) is 9.69. The van der Waals surface area contributed by atoms with E-state index in [-0.39, 0.29) is 11.7 Å². The largest absolute Gasteiger partial charge is 0.444 e. The summed E-state index contributed by atoms with van der Waals surface area (Å²) in [7, 11) is 0. The number of likely N-dealkylation sites (tertiary alicyclic amines) is 1. The van der Waals surface area contributed by atoms with Crippen molar-refractivity contribution in [3.63, 3.8) is 0 Å². The molecule has 4 atom stereocenters. The summed E-state index contributed by atoms with van der Waals surface area (Å²) >= 11 is 0. The number of amides is 1. The lowest BCUT2D eigenvalue weighted by molar-refractivity contribution is 0.0147. The molecule has 0 spiro atoms. The first-order valence-corrected chi connectivity index (χ1v) is 5.93. The Kier molecular flexibility index (Phi) is 1.70. The fourth-order valence-electron chi connectivity index (χ4n) is 3.36. The van der Waals surface area contributed by atoms with Crippen molar-refractivity contribution in [1.29, 1.82) is 0 Å². The second-order valence-electron chi connectivity index (χ2n) is 6.29. The maximum absolute atomic E-state index is 11.8. The molecule has 0 radical (unpaired) electrons. The lowest BCUT2D eigenvalue weighted by atomic mass is 9.84. The van der Waals surface area contributed by atoms with Crippen LogP contribution in [0.5, 0.6) is 0 Å². The molecule has 1 heterocycles. The standard InChI is InChI=1S/C12H19NO2/c1-12(2,3)15-11(14)13-5-7-4-8-9(6-13)10(7)8/h7-10H,4-6H2,1-3H3. The van der Waals surface area contributed by atoms with Gasteiger partial charge in [-0.05, 0) is 50.9 Å². The van der Waals surface area contributed by atoms with Crippen LogP contribution in [0.2, 0.25) is 0 Å². The maximum Gasteiger partial charge on any atom is 0.410 e. The third-order valence-electron chi connectivity index (χ3n) is 4.05. The van der Waals surface area contributed by atoms with Crippen molar-refractivity contribution in [2.24, 2.45) is 23.7 Å². The van der Waals surface area contributed by atoms with E-state index in [2.05, 4.69) is 0 Å². The molecule has 0 aromatic rings. The van der Waals surface area contributed by atoms with Gasteiger partial charge >= 0.3 is 6.09 Å². The Hall–Kier alpha value is -0.730. The van der Waals surface area contributed by atoms with E-state index < -0.39 is 0 Å². The number of carbonyl (C=O) groups is 1. The first-order chi connectivity index (χ1) is 6.96. The van der Waals surface area contributed by atoms with Crippen LogP contribution in [0.4, 0.5) is 4.79 Å². The second kappa shape index (κ2) is 2.69. The van der Waals surface area contributed by atoms with Gasteiger partial charge in [0.2, 0.25) is 0 Å². The number of nitrogens with zero attached hydrogens (tertiary/aromatic N) is 1. The summed E-state index contributed by atoms with van der Waals surface area (Å²) in [4.78, 5) is 13.8. The number of ether oxygens (including phenoxy) is 1. The summed E-state index contributed by atoms with van der Waals surface area (Å²) in [6, 6.07) is 0. The summed E-state index contributed by atoms with van der Waals surface area (Å²) in [5.74, 6) is 3.55. The van der Waals surface area contributed by atoms with Crippen LogP contribution >= 0.6 is 0 Å². The highest BCUT2D eigenvalue weighted by molar-refractivity contribution is 5.68. The highest BCUT2D eigenvalue weighted by atomic mass is 16.6. The van der Waals surface area contributed by atoms with Crippen LogP contribution in [-0.2, 0) is 4.74 Å². The van der Waals surface area contributed by atoms with E-state index in [0.29, 0.717) is 0 Å². The monoisotopic (exact) mass is 209 g/mol. The first-order valence-electron chi connectivity index (χ1n) is 5.93. The van der Waals surface area contributed by atoms with Gasteiger partial charge in [0.15, 0.2) is 0 Å². The fourth-order valence-corrected chi connectivity index (χ4v) is 3.36. The Balaban J connectivity index is 1.61. The van der Waals surface area contributed by atoms with E-state index in [1.165, 1.54) is 6.42 Å². The van der Waals surface area contributed by atoms with Crippen molar-refractivity contribution in [3.8, 4) is 0 Å². The summed E-state index contributed by atoms with van der Waals surface area (Å²) in [5.41, 5.74) is -0.361. The predicted molar refractivity (Wildman–Crippen MR) is 56.4 cm³/mol. The van der Waals surface area contributed by atoms with E-state index in [0.717, 1.165) is 36.8 Å². The molecule has 1 saturated heterocycles. The molecule has 1 aliphatic heterocycles. The number of carbonyl (C=O) groups excluding carboxylic acids is 1. The number of fused-ring (bicyclic) bond motifs is 1. The third-order valence-corrected chi connectivity index (χ3v) is 4.05. The number of hydrogen-bond donors (Lipinski definition) is 0. The fraction of sp³-hybridized carbons (Fsp3) is 0.917. The minimum absolute atomic E-state index is 0.112. The Labute approximate surface area is 90.8 Å². The number of hydrogen-bond acceptors (Lipinski definition) is 2. The highest BCUT2D eigenvalue weighted by Crippen LogP contribution is 2.67. The number of piperidine rings is 1. The molecule has 15 heavy (non-hydrogen) atoms. The zero-order chi connectivity index (χ0) is 10.8. The molecule has 0 bridgehead atoms. The van der Waals surface area contributed by atoms with E-state index in [1.807, 2.05) is 25.7 Å². The van der Waals surface area contributed by atoms with Gasteiger partial charge < -0.3 is 9.64 Å². The van der Waals surface area contributed by atoms with Gasteiger partial charge in [-0.1, -0.05) is 0 Å². The molecule has 3 nitrogen and oxygen atoms in total. The molecule has 2 saturated carbocycles. The molecule has 3 rings (SSSR count). The molecule has 3 heteroatoms. The van der Waals surface area contributed by atoms with Gasteiger partial charge in [0.05, 0.1) is 0 Å². The van der Waals surface area contributed by atoms with Gasteiger partial charge in [0, 0.05) is 13.1 Å². The molecular formula is C12H19NO2. The Morgan fingerprint density at radius 3 is 2.60 bits per heavy atom. The molecule has 1 amide bonds. The van der Waals surface area contributed by atoms with E-state index >= 15 is 0 Å².